The van der Waals surface area contributed by atoms with Crippen molar-refractivity contribution in [1.82, 2.24) is 5.32 Å². The van der Waals surface area contributed by atoms with Gasteiger partial charge in [0, 0.05) is 11.9 Å². The van der Waals surface area contributed by atoms with E-state index in [-0.39, 0.29) is 11.9 Å². The summed E-state index contributed by atoms with van der Waals surface area (Å²) in [6.07, 6.45) is 2.08. The van der Waals surface area contributed by atoms with Gasteiger partial charge in [0.1, 0.15) is 5.75 Å². The van der Waals surface area contributed by atoms with Crippen molar-refractivity contribution >= 4 is 17.5 Å². The third-order valence-electron chi connectivity index (χ3n) is 2.90. The van der Waals surface area contributed by atoms with Crippen LogP contribution in [0.2, 0.25) is 0 Å². The van der Waals surface area contributed by atoms with E-state index in [9.17, 15) is 4.79 Å². The summed E-state index contributed by atoms with van der Waals surface area (Å²) in [5, 5.41) is 2.96. The predicted octanol–water partition coefficient (Wildman–Crippen LogP) is 3.29. The number of hydrogen-bond acceptors (Lipinski definition) is 2. The Morgan fingerprint density at radius 2 is 2.26 bits per heavy atom. The molecule has 0 saturated heterocycles. The lowest BCUT2D eigenvalue weighted by Gasteiger charge is -2.15. The van der Waals surface area contributed by atoms with Crippen molar-refractivity contribution < 1.29 is 9.53 Å². The molecule has 4 heteroatoms. The lowest BCUT2D eigenvalue weighted by molar-refractivity contribution is -0.122. The van der Waals surface area contributed by atoms with Gasteiger partial charge in [-0.05, 0) is 37.5 Å². The second-order valence-corrected chi connectivity index (χ2v) is 4.94. The summed E-state index contributed by atoms with van der Waals surface area (Å²) < 4.78 is 5.55. The van der Waals surface area contributed by atoms with Gasteiger partial charge >= 0.3 is 0 Å². The van der Waals surface area contributed by atoms with Crippen molar-refractivity contribution in [2.45, 2.75) is 39.2 Å². The Hall–Kier alpha value is -1.22. The quantitative estimate of drug-likeness (QED) is 0.744. The average Bonchev–Trinajstić information content (AvgIpc) is 2.38. The van der Waals surface area contributed by atoms with E-state index in [0.29, 0.717) is 18.9 Å². The molecule has 1 unspecified atom stereocenters. The van der Waals surface area contributed by atoms with Crippen LogP contribution in [0.15, 0.2) is 24.3 Å². The summed E-state index contributed by atoms with van der Waals surface area (Å²) in [7, 11) is 0. The van der Waals surface area contributed by atoms with Crippen LogP contribution in [-0.4, -0.2) is 24.4 Å². The minimum Gasteiger partial charge on any atom is -0.493 e. The molecule has 1 N–H and O–H groups in total. The molecule has 1 atom stereocenters. The number of benzene rings is 1. The first kappa shape index (κ1) is 15.8. The first-order chi connectivity index (χ1) is 9.15. The maximum atomic E-state index is 11.7. The second-order valence-electron chi connectivity index (χ2n) is 4.57. The van der Waals surface area contributed by atoms with E-state index in [1.54, 1.807) is 0 Å². The SMILES string of the molecule is CCC(CCCl)NC(=O)CCOc1cccc(C)c1. The van der Waals surface area contributed by atoms with Crippen molar-refractivity contribution in [1.29, 1.82) is 0 Å². The number of rotatable bonds is 8. The molecule has 1 aromatic rings. The fraction of sp³-hybridized carbons (Fsp3) is 0.533. The third kappa shape index (κ3) is 6.48. The summed E-state index contributed by atoms with van der Waals surface area (Å²) in [5.41, 5.74) is 1.15. The lowest BCUT2D eigenvalue weighted by atomic mass is 10.1. The van der Waals surface area contributed by atoms with Crippen molar-refractivity contribution in [2.75, 3.05) is 12.5 Å². The Morgan fingerprint density at radius 1 is 1.47 bits per heavy atom. The smallest absolute Gasteiger partial charge is 0.223 e. The third-order valence-corrected chi connectivity index (χ3v) is 3.12. The van der Waals surface area contributed by atoms with Crippen molar-refractivity contribution in [3.63, 3.8) is 0 Å². The Kier molecular flexibility index (Phi) is 7.34. The van der Waals surface area contributed by atoms with E-state index >= 15 is 0 Å². The number of aryl methyl sites for hydroxylation is 1. The molecule has 0 spiro atoms. The van der Waals surface area contributed by atoms with E-state index in [4.69, 9.17) is 16.3 Å². The largest absolute Gasteiger partial charge is 0.493 e. The highest BCUT2D eigenvalue weighted by molar-refractivity contribution is 6.17. The molecule has 0 bridgehead atoms. The number of carbonyl (C=O) groups is 1. The molecule has 0 heterocycles. The van der Waals surface area contributed by atoms with Gasteiger partial charge in [-0.15, -0.1) is 11.6 Å². The molecule has 3 nitrogen and oxygen atoms in total. The van der Waals surface area contributed by atoms with Crippen LogP contribution in [0.25, 0.3) is 0 Å². The maximum Gasteiger partial charge on any atom is 0.223 e. The van der Waals surface area contributed by atoms with Crippen LogP contribution >= 0.6 is 11.6 Å². The Morgan fingerprint density at radius 3 is 2.89 bits per heavy atom. The predicted molar refractivity (Wildman–Crippen MR) is 78.8 cm³/mol. The summed E-state index contributed by atoms with van der Waals surface area (Å²) in [6.45, 7) is 4.45. The number of halogens is 1. The lowest BCUT2D eigenvalue weighted by Crippen LogP contribution is -2.35. The van der Waals surface area contributed by atoms with E-state index < -0.39 is 0 Å². The number of hydrogen-bond donors (Lipinski definition) is 1. The summed E-state index contributed by atoms with van der Waals surface area (Å²) in [4.78, 5) is 11.7. The van der Waals surface area contributed by atoms with E-state index in [2.05, 4.69) is 5.32 Å². The van der Waals surface area contributed by atoms with Crippen LogP contribution < -0.4 is 10.1 Å². The standard InChI is InChI=1S/C15H22ClNO2/c1-3-13(7-9-16)17-15(18)8-10-19-14-6-4-5-12(2)11-14/h4-6,11,13H,3,7-10H2,1-2H3,(H,17,18). The Labute approximate surface area is 120 Å². The molecule has 0 aromatic heterocycles. The van der Waals surface area contributed by atoms with Gasteiger partial charge in [0.25, 0.3) is 0 Å². The van der Waals surface area contributed by atoms with E-state index in [1.165, 1.54) is 0 Å². The molecule has 19 heavy (non-hydrogen) atoms. The molecular formula is C15H22ClNO2. The highest BCUT2D eigenvalue weighted by Crippen LogP contribution is 2.12. The van der Waals surface area contributed by atoms with Gasteiger partial charge in [-0.25, -0.2) is 0 Å². The number of carbonyl (C=O) groups excluding carboxylic acids is 1. The van der Waals surface area contributed by atoms with Gasteiger partial charge in [0.05, 0.1) is 13.0 Å². The topological polar surface area (TPSA) is 38.3 Å². The number of alkyl halides is 1. The van der Waals surface area contributed by atoms with Gasteiger partial charge < -0.3 is 10.1 Å². The Bertz CT molecular complexity index is 395. The summed E-state index contributed by atoms with van der Waals surface area (Å²) >= 11 is 5.68. The molecule has 1 amide bonds. The zero-order chi connectivity index (χ0) is 14.1. The first-order valence-electron chi connectivity index (χ1n) is 6.70. The highest BCUT2D eigenvalue weighted by atomic mass is 35.5. The van der Waals surface area contributed by atoms with Crippen LogP contribution in [0, 0.1) is 6.92 Å². The van der Waals surface area contributed by atoms with Gasteiger partial charge in [-0.3, -0.25) is 4.79 Å². The van der Waals surface area contributed by atoms with E-state index in [0.717, 1.165) is 24.2 Å². The van der Waals surface area contributed by atoms with Crippen molar-refractivity contribution in [2.24, 2.45) is 0 Å². The van der Waals surface area contributed by atoms with Gasteiger partial charge in [0.15, 0.2) is 0 Å². The normalized spacial score (nSPS) is 11.9. The fourth-order valence-electron chi connectivity index (χ4n) is 1.78. The number of amides is 1. The molecule has 106 valence electrons. The van der Waals surface area contributed by atoms with Crippen LogP contribution in [0.1, 0.15) is 31.7 Å². The average molecular weight is 284 g/mol. The van der Waals surface area contributed by atoms with Crippen LogP contribution in [0.5, 0.6) is 5.75 Å². The van der Waals surface area contributed by atoms with Gasteiger partial charge in [-0.2, -0.15) is 0 Å². The van der Waals surface area contributed by atoms with Crippen molar-refractivity contribution in [3.8, 4) is 5.75 Å². The first-order valence-corrected chi connectivity index (χ1v) is 7.24. The molecule has 0 aliphatic heterocycles. The van der Waals surface area contributed by atoms with Gasteiger partial charge in [-0.1, -0.05) is 19.1 Å². The zero-order valence-corrected chi connectivity index (χ0v) is 12.4. The summed E-state index contributed by atoms with van der Waals surface area (Å²) in [6, 6.07) is 7.98. The van der Waals surface area contributed by atoms with Crippen LogP contribution in [-0.2, 0) is 4.79 Å². The minimum atomic E-state index is 0.0182. The number of ether oxygens (including phenoxy) is 1. The van der Waals surface area contributed by atoms with Crippen molar-refractivity contribution in [3.05, 3.63) is 29.8 Å². The molecular weight excluding hydrogens is 262 g/mol. The highest BCUT2D eigenvalue weighted by Gasteiger charge is 2.09. The maximum absolute atomic E-state index is 11.7. The molecule has 0 aliphatic rings. The Balaban J connectivity index is 2.27. The van der Waals surface area contributed by atoms with Crippen LogP contribution in [0.4, 0.5) is 0 Å². The van der Waals surface area contributed by atoms with E-state index in [1.807, 2.05) is 38.1 Å². The fourth-order valence-corrected chi connectivity index (χ4v) is 2.04. The van der Waals surface area contributed by atoms with Gasteiger partial charge in [0.2, 0.25) is 5.91 Å². The number of nitrogens with one attached hydrogen (secondary N) is 1. The molecule has 1 rings (SSSR count). The minimum absolute atomic E-state index is 0.0182. The summed E-state index contributed by atoms with van der Waals surface area (Å²) in [5.74, 6) is 1.39. The van der Waals surface area contributed by atoms with Crippen LogP contribution in [0.3, 0.4) is 0 Å². The second kappa shape index (κ2) is 8.81. The molecule has 1 aromatic carbocycles. The molecule has 0 saturated carbocycles. The molecule has 0 radical (unpaired) electrons. The zero-order valence-electron chi connectivity index (χ0n) is 11.6. The monoisotopic (exact) mass is 283 g/mol. The molecule has 0 aliphatic carbocycles. The molecule has 0 fully saturated rings.